The van der Waals surface area contributed by atoms with Gasteiger partial charge in [0, 0.05) is 24.7 Å². The Bertz CT molecular complexity index is 565. The predicted octanol–water partition coefficient (Wildman–Crippen LogP) is 4.04. The molecule has 0 aliphatic rings. The molecule has 112 valence electrons. The van der Waals surface area contributed by atoms with E-state index in [4.69, 9.17) is 11.6 Å². The normalized spacial score (nSPS) is 12.2. The maximum atomic E-state index is 6.02. The van der Waals surface area contributed by atoms with Gasteiger partial charge in [0.25, 0.3) is 0 Å². The van der Waals surface area contributed by atoms with Crippen molar-refractivity contribution < 1.29 is 0 Å². The van der Waals surface area contributed by atoms with Crippen LogP contribution in [0.3, 0.4) is 0 Å². The largest absolute Gasteiger partial charge is 0.369 e. The van der Waals surface area contributed by atoms with Gasteiger partial charge in [-0.1, -0.05) is 30.7 Å². The molecule has 0 fully saturated rings. The number of halogens is 1. The average molecular weight is 304 g/mol. The van der Waals surface area contributed by atoms with Gasteiger partial charge in [-0.2, -0.15) is 0 Å². The Labute approximate surface area is 132 Å². The highest BCUT2D eigenvalue weighted by atomic mass is 35.5. The molecular weight excluding hydrogens is 282 g/mol. The molecule has 0 radical (unpaired) electrons. The number of anilines is 1. The first-order chi connectivity index (χ1) is 10.1. The molecule has 2 aromatic rings. The molecule has 0 aliphatic heterocycles. The smallest absolute Gasteiger partial charge is 0.0574 e. The van der Waals surface area contributed by atoms with Crippen LogP contribution < -0.4 is 10.2 Å². The van der Waals surface area contributed by atoms with Crippen LogP contribution in [0.15, 0.2) is 42.6 Å². The highest BCUT2D eigenvalue weighted by Gasteiger charge is 2.09. The van der Waals surface area contributed by atoms with E-state index >= 15 is 0 Å². The molecule has 0 bridgehead atoms. The minimum Gasteiger partial charge on any atom is -0.369 e. The first kappa shape index (κ1) is 15.8. The maximum Gasteiger partial charge on any atom is 0.0574 e. The summed E-state index contributed by atoms with van der Waals surface area (Å²) in [5.41, 5.74) is 3.38. The monoisotopic (exact) mass is 303 g/mol. The molecule has 1 heterocycles. The van der Waals surface area contributed by atoms with E-state index in [9.17, 15) is 0 Å². The number of hydrogen-bond donors (Lipinski definition) is 1. The second kappa shape index (κ2) is 7.43. The Morgan fingerprint density at radius 1 is 1.29 bits per heavy atom. The molecule has 21 heavy (non-hydrogen) atoms. The molecule has 1 N–H and O–H groups in total. The highest BCUT2D eigenvalue weighted by Crippen LogP contribution is 2.20. The molecule has 0 saturated heterocycles. The fourth-order valence-electron chi connectivity index (χ4n) is 2.39. The molecule has 0 aliphatic carbocycles. The van der Waals surface area contributed by atoms with Crippen LogP contribution in [-0.4, -0.2) is 19.1 Å². The standard InChI is InChI=1S/C17H22ClN3/c1-4-16(19-2)17-9-8-15(11-20-17)21(3)12-13-6-5-7-14(18)10-13/h5-11,16,19H,4,12H2,1-3H3. The lowest BCUT2D eigenvalue weighted by Gasteiger charge is -2.20. The Kier molecular flexibility index (Phi) is 5.59. The molecule has 1 aromatic heterocycles. The summed E-state index contributed by atoms with van der Waals surface area (Å²) in [6.45, 7) is 2.97. The van der Waals surface area contributed by atoms with Crippen LogP contribution >= 0.6 is 11.6 Å². The van der Waals surface area contributed by atoms with Gasteiger partial charge in [0.1, 0.15) is 0 Å². The van der Waals surface area contributed by atoms with Crippen molar-refractivity contribution in [2.45, 2.75) is 25.9 Å². The van der Waals surface area contributed by atoms with Crippen molar-refractivity contribution in [1.82, 2.24) is 10.3 Å². The van der Waals surface area contributed by atoms with Gasteiger partial charge >= 0.3 is 0 Å². The first-order valence-corrected chi connectivity index (χ1v) is 7.60. The zero-order valence-corrected chi connectivity index (χ0v) is 13.6. The molecule has 1 atom stereocenters. The lowest BCUT2D eigenvalue weighted by atomic mass is 10.1. The Morgan fingerprint density at radius 2 is 2.10 bits per heavy atom. The molecule has 1 aromatic carbocycles. The zero-order chi connectivity index (χ0) is 15.2. The summed E-state index contributed by atoms with van der Waals surface area (Å²) in [6.07, 6.45) is 2.96. The van der Waals surface area contributed by atoms with Gasteiger partial charge in [-0.25, -0.2) is 0 Å². The molecule has 2 rings (SSSR count). The number of benzene rings is 1. The summed E-state index contributed by atoms with van der Waals surface area (Å²) in [6, 6.07) is 12.5. The van der Waals surface area contributed by atoms with E-state index in [-0.39, 0.29) is 0 Å². The fourth-order valence-corrected chi connectivity index (χ4v) is 2.60. The summed E-state index contributed by atoms with van der Waals surface area (Å²) in [7, 11) is 4.03. The van der Waals surface area contributed by atoms with Crippen molar-refractivity contribution in [2.24, 2.45) is 0 Å². The second-order valence-corrected chi connectivity index (χ2v) is 5.61. The zero-order valence-electron chi connectivity index (χ0n) is 12.8. The predicted molar refractivity (Wildman–Crippen MR) is 89.9 cm³/mol. The molecule has 0 spiro atoms. The summed E-state index contributed by atoms with van der Waals surface area (Å²) in [5, 5.41) is 4.04. The van der Waals surface area contributed by atoms with Crippen LogP contribution in [0.1, 0.15) is 30.6 Å². The third-order valence-electron chi connectivity index (χ3n) is 3.63. The number of nitrogens with zero attached hydrogens (tertiary/aromatic N) is 2. The topological polar surface area (TPSA) is 28.2 Å². The van der Waals surface area contributed by atoms with E-state index < -0.39 is 0 Å². The van der Waals surface area contributed by atoms with E-state index in [1.807, 2.05) is 31.4 Å². The minimum absolute atomic E-state index is 0.317. The van der Waals surface area contributed by atoms with Crippen LogP contribution in [0.2, 0.25) is 5.02 Å². The van der Waals surface area contributed by atoms with E-state index in [2.05, 4.69) is 47.4 Å². The summed E-state index contributed by atoms with van der Waals surface area (Å²) < 4.78 is 0. The van der Waals surface area contributed by atoms with Gasteiger partial charge in [0.2, 0.25) is 0 Å². The van der Waals surface area contributed by atoms with Gasteiger partial charge in [-0.3, -0.25) is 4.98 Å². The van der Waals surface area contributed by atoms with Gasteiger partial charge < -0.3 is 10.2 Å². The summed E-state index contributed by atoms with van der Waals surface area (Å²) >= 11 is 6.02. The van der Waals surface area contributed by atoms with Gasteiger partial charge in [-0.15, -0.1) is 0 Å². The van der Waals surface area contributed by atoms with Crippen molar-refractivity contribution in [1.29, 1.82) is 0 Å². The van der Waals surface area contributed by atoms with E-state index in [1.54, 1.807) is 0 Å². The fraction of sp³-hybridized carbons (Fsp3) is 0.353. The Morgan fingerprint density at radius 3 is 2.67 bits per heavy atom. The molecular formula is C17H22ClN3. The average Bonchev–Trinajstić information content (AvgIpc) is 2.49. The van der Waals surface area contributed by atoms with Crippen molar-refractivity contribution in [3.8, 4) is 0 Å². The van der Waals surface area contributed by atoms with Crippen molar-refractivity contribution in [2.75, 3.05) is 19.0 Å². The third kappa shape index (κ3) is 4.19. The molecule has 4 heteroatoms. The molecule has 0 saturated carbocycles. The van der Waals surface area contributed by atoms with Crippen molar-refractivity contribution in [3.63, 3.8) is 0 Å². The Balaban J connectivity index is 2.07. The van der Waals surface area contributed by atoms with Gasteiger partial charge in [0.15, 0.2) is 0 Å². The number of pyridine rings is 1. The quantitative estimate of drug-likeness (QED) is 0.873. The lowest BCUT2D eigenvalue weighted by Crippen LogP contribution is -2.19. The third-order valence-corrected chi connectivity index (χ3v) is 3.87. The van der Waals surface area contributed by atoms with Gasteiger partial charge in [0.05, 0.1) is 17.6 Å². The molecule has 3 nitrogen and oxygen atoms in total. The van der Waals surface area contributed by atoms with E-state index in [1.165, 1.54) is 5.56 Å². The van der Waals surface area contributed by atoms with Crippen LogP contribution in [-0.2, 0) is 6.54 Å². The molecule has 1 unspecified atom stereocenters. The summed E-state index contributed by atoms with van der Waals surface area (Å²) in [4.78, 5) is 6.74. The molecule has 0 amide bonds. The van der Waals surface area contributed by atoms with E-state index in [0.717, 1.165) is 29.4 Å². The number of hydrogen-bond acceptors (Lipinski definition) is 3. The highest BCUT2D eigenvalue weighted by molar-refractivity contribution is 6.30. The van der Waals surface area contributed by atoms with Crippen LogP contribution in [0.4, 0.5) is 5.69 Å². The lowest BCUT2D eigenvalue weighted by molar-refractivity contribution is 0.561. The Hall–Kier alpha value is -1.58. The first-order valence-electron chi connectivity index (χ1n) is 7.22. The van der Waals surface area contributed by atoms with Crippen LogP contribution in [0.25, 0.3) is 0 Å². The number of nitrogens with one attached hydrogen (secondary N) is 1. The van der Waals surface area contributed by atoms with Crippen LogP contribution in [0.5, 0.6) is 0 Å². The van der Waals surface area contributed by atoms with E-state index in [0.29, 0.717) is 6.04 Å². The maximum absolute atomic E-state index is 6.02. The summed E-state index contributed by atoms with van der Waals surface area (Å²) in [5.74, 6) is 0. The van der Waals surface area contributed by atoms with Gasteiger partial charge in [-0.05, 0) is 43.3 Å². The van der Waals surface area contributed by atoms with Crippen molar-refractivity contribution in [3.05, 3.63) is 58.9 Å². The minimum atomic E-state index is 0.317. The second-order valence-electron chi connectivity index (χ2n) is 5.18. The van der Waals surface area contributed by atoms with Crippen molar-refractivity contribution >= 4 is 17.3 Å². The SMILES string of the molecule is CCC(NC)c1ccc(N(C)Cc2cccc(Cl)c2)cn1. The van der Waals surface area contributed by atoms with Crippen LogP contribution in [0, 0.1) is 0 Å². The number of aromatic nitrogens is 1. The number of rotatable bonds is 6.